The molecule has 0 bridgehead atoms. The average molecular weight is 445 g/mol. The summed E-state index contributed by atoms with van der Waals surface area (Å²) in [5.74, 6) is 0.124. The molecule has 3 aromatic rings. The molecule has 0 aliphatic carbocycles. The number of aromatic nitrogens is 5. The molecule has 32 heavy (non-hydrogen) atoms. The molecule has 1 amide bonds. The monoisotopic (exact) mass is 445 g/mol. The molecule has 1 aliphatic heterocycles. The van der Waals surface area contributed by atoms with E-state index in [0.29, 0.717) is 24.3 Å². The fraction of sp³-hybridized carbons (Fsp3) is 0.381. The van der Waals surface area contributed by atoms with E-state index in [2.05, 4.69) is 32.4 Å². The topological polar surface area (TPSA) is 88.8 Å². The largest absolute Gasteiger partial charge is 0.419 e. The quantitative estimate of drug-likeness (QED) is 0.647. The van der Waals surface area contributed by atoms with Crippen molar-refractivity contribution in [1.82, 2.24) is 29.9 Å². The first-order valence-electron chi connectivity index (χ1n) is 10.2. The molecule has 3 heterocycles. The van der Waals surface area contributed by atoms with Crippen LogP contribution in [0.15, 0.2) is 49.1 Å². The number of likely N-dealkylation sites (tertiary alicyclic amines) is 1. The van der Waals surface area contributed by atoms with Crippen molar-refractivity contribution in [3.8, 4) is 5.69 Å². The molecule has 168 valence electrons. The van der Waals surface area contributed by atoms with E-state index in [1.807, 2.05) is 6.07 Å². The predicted molar refractivity (Wildman–Crippen MR) is 110 cm³/mol. The molecule has 0 radical (unpaired) electrons. The van der Waals surface area contributed by atoms with E-state index in [-0.39, 0.29) is 23.8 Å². The zero-order valence-corrected chi connectivity index (χ0v) is 17.3. The molecular weight excluding hydrogens is 423 g/mol. The fourth-order valence-electron chi connectivity index (χ4n) is 3.90. The number of amides is 1. The smallest absolute Gasteiger partial charge is 0.352 e. The van der Waals surface area contributed by atoms with Crippen molar-refractivity contribution in [3.63, 3.8) is 0 Å². The Hall–Kier alpha value is -3.50. The number of piperidine rings is 1. The Morgan fingerprint density at radius 2 is 1.84 bits per heavy atom. The molecule has 4 rings (SSSR count). The maximum absolute atomic E-state index is 13.5. The zero-order chi connectivity index (χ0) is 22.7. The van der Waals surface area contributed by atoms with Crippen molar-refractivity contribution in [1.29, 1.82) is 0 Å². The van der Waals surface area contributed by atoms with Crippen LogP contribution in [0.25, 0.3) is 5.69 Å². The summed E-state index contributed by atoms with van der Waals surface area (Å²) in [7, 11) is 0. The number of carbonyl (C=O) groups is 1. The first-order valence-corrected chi connectivity index (χ1v) is 10.2. The number of alkyl halides is 3. The second-order valence-electron chi connectivity index (χ2n) is 7.70. The van der Waals surface area contributed by atoms with Gasteiger partial charge in [-0.2, -0.15) is 28.2 Å². The molecular formula is C21H22F3N7O. The van der Waals surface area contributed by atoms with Gasteiger partial charge in [0.2, 0.25) is 5.95 Å². The number of para-hydroxylation sites is 1. The summed E-state index contributed by atoms with van der Waals surface area (Å²) in [4.78, 5) is 24.2. The van der Waals surface area contributed by atoms with Crippen LogP contribution in [-0.2, 0) is 6.18 Å². The number of halogens is 3. The Balaban J connectivity index is 1.53. The van der Waals surface area contributed by atoms with Crippen LogP contribution in [0.2, 0.25) is 0 Å². The third-order valence-corrected chi connectivity index (χ3v) is 5.59. The standard InChI is InChI=1S/C21H22F3N7O/c1-14-5-4-10-30(18(14)13-27-20-25-11-15(12-26-20)21(22,23)24)19(32)16-6-2-3-7-17(16)31-28-8-9-29-31/h2-3,6-9,11-12,14,18H,4-5,10,13H2,1H3,(H,25,26,27)/t14-,18?/m1/s1. The van der Waals surface area contributed by atoms with Gasteiger partial charge in [-0.25, -0.2) is 9.97 Å². The number of hydrogen-bond acceptors (Lipinski definition) is 6. The lowest BCUT2D eigenvalue weighted by molar-refractivity contribution is -0.138. The van der Waals surface area contributed by atoms with Gasteiger partial charge in [-0.05, 0) is 30.9 Å². The van der Waals surface area contributed by atoms with Crippen molar-refractivity contribution in [2.24, 2.45) is 5.92 Å². The minimum absolute atomic E-state index is 0.0873. The summed E-state index contributed by atoms with van der Waals surface area (Å²) in [6, 6.07) is 6.95. The first-order chi connectivity index (χ1) is 15.3. The van der Waals surface area contributed by atoms with Crippen molar-refractivity contribution in [2.75, 3.05) is 18.4 Å². The van der Waals surface area contributed by atoms with Crippen molar-refractivity contribution in [3.05, 3.63) is 60.2 Å². The molecule has 1 saturated heterocycles. The van der Waals surface area contributed by atoms with Crippen LogP contribution in [0.4, 0.5) is 19.1 Å². The number of rotatable bonds is 5. The fourth-order valence-corrected chi connectivity index (χ4v) is 3.90. The van der Waals surface area contributed by atoms with Crippen molar-refractivity contribution >= 4 is 11.9 Å². The van der Waals surface area contributed by atoms with E-state index >= 15 is 0 Å². The number of benzene rings is 1. The van der Waals surface area contributed by atoms with Crippen LogP contribution in [0.3, 0.4) is 0 Å². The number of nitrogens with one attached hydrogen (secondary N) is 1. The Bertz CT molecular complexity index is 1050. The van der Waals surface area contributed by atoms with Crippen LogP contribution < -0.4 is 5.32 Å². The van der Waals surface area contributed by atoms with Crippen molar-refractivity contribution in [2.45, 2.75) is 32.0 Å². The molecule has 1 aliphatic rings. The molecule has 1 fully saturated rings. The second-order valence-corrected chi connectivity index (χ2v) is 7.70. The van der Waals surface area contributed by atoms with Crippen LogP contribution in [-0.4, -0.2) is 54.9 Å². The molecule has 0 spiro atoms. The number of anilines is 1. The van der Waals surface area contributed by atoms with Gasteiger partial charge in [-0.15, -0.1) is 0 Å². The van der Waals surface area contributed by atoms with E-state index in [4.69, 9.17) is 0 Å². The Morgan fingerprint density at radius 1 is 1.16 bits per heavy atom. The number of carbonyl (C=O) groups excluding carboxylic acids is 1. The maximum Gasteiger partial charge on any atom is 0.419 e. The SMILES string of the molecule is C[C@@H]1CCCN(C(=O)c2ccccc2-n2nccn2)C1CNc1ncc(C(F)(F)F)cn1. The Kier molecular flexibility index (Phi) is 6.06. The lowest BCUT2D eigenvalue weighted by Crippen LogP contribution is -2.51. The van der Waals surface area contributed by atoms with Crippen LogP contribution in [0.1, 0.15) is 35.7 Å². The van der Waals surface area contributed by atoms with Crippen LogP contribution >= 0.6 is 0 Å². The van der Waals surface area contributed by atoms with Gasteiger partial charge in [0, 0.05) is 25.5 Å². The van der Waals surface area contributed by atoms with E-state index in [0.717, 1.165) is 25.2 Å². The molecule has 2 atom stereocenters. The summed E-state index contributed by atoms with van der Waals surface area (Å²) >= 11 is 0. The van der Waals surface area contributed by atoms with Gasteiger partial charge in [-0.3, -0.25) is 4.79 Å². The zero-order valence-electron chi connectivity index (χ0n) is 17.3. The first kappa shape index (κ1) is 21.7. The third kappa shape index (κ3) is 4.56. The minimum atomic E-state index is -4.49. The van der Waals surface area contributed by atoms with E-state index in [1.54, 1.807) is 35.5 Å². The predicted octanol–water partition coefficient (Wildman–Crippen LogP) is 3.43. The maximum atomic E-state index is 13.5. The molecule has 0 saturated carbocycles. The highest BCUT2D eigenvalue weighted by molar-refractivity contribution is 5.98. The van der Waals surface area contributed by atoms with E-state index < -0.39 is 11.7 Å². The second kappa shape index (κ2) is 8.93. The molecule has 11 heteroatoms. The Morgan fingerprint density at radius 3 is 2.53 bits per heavy atom. The molecule has 1 unspecified atom stereocenters. The number of hydrogen-bond donors (Lipinski definition) is 1. The van der Waals surface area contributed by atoms with Gasteiger partial charge in [0.15, 0.2) is 0 Å². The van der Waals surface area contributed by atoms with Crippen LogP contribution in [0, 0.1) is 5.92 Å². The summed E-state index contributed by atoms with van der Waals surface area (Å²) in [6.07, 6.45) is 1.89. The van der Waals surface area contributed by atoms with Crippen LogP contribution in [0.5, 0.6) is 0 Å². The van der Waals surface area contributed by atoms with E-state index in [1.165, 1.54) is 4.80 Å². The van der Waals surface area contributed by atoms with Gasteiger partial charge in [0.1, 0.15) is 0 Å². The van der Waals surface area contributed by atoms with Gasteiger partial charge >= 0.3 is 6.18 Å². The highest BCUT2D eigenvalue weighted by Crippen LogP contribution is 2.29. The molecule has 2 aromatic heterocycles. The summed E-state index contributed by atoms with van der Waals surface area (Å²) in [5, 5.41) is 11.3. The highest BCUT2D eigenvalue weighted by atomic mass is 19.4. The lowest BCUT2D eigenvalue weighted by Gasteiger charge is -2.40. The molecule has 1 N–H and O–H groups in total. The Labute approximate surface area is 182 Å². The van der Waals surface area contributed by atoms with Crippen molar-refractivity contribution < 1.29 is 18.0 Å². The summed E-state index contributed by atoms with van der Waals surface area (Å²) < 4.78 is 38.2. The molecule has 8 nitrogen and oxygen atoms in total. The summed E-state index contributed by atoms with van der Waals surface area (Å²) in [6.45, 7) is 2.95. The minimum Gasteiger partial charge on any atom is -0.352 e. The van der Waals surface area contributed by atoms with Gasteiger partial charge in [-0.1, -0.05) is 19.1 Å². The van der Waals surface area contributed by atoms with E-state index in [9.17, 15) is 18.0 Å². The normalized spacial score (nSPS) is 19.1. The third-order valence-electron chi connectivity index (χ3n) is 5.59. The van der Waals surface area contributed by atoms with Gasteiger partial charge < -0.3 is 10.2 Å². The summed E-state index contributed by atoms with van der Waals surface area (Å²) in [5.41, 5.74) is 0.154. The van der Waals surface area contributed by atoms with Gasteiger partial charge in [0.25, 0.3) is 5.91 Å². The number of nitrogens with zero attached hydrogens (tertiary/aromatic N) is 6. The molecule has 1 aromatic carbocycles. The van der Waals surface area contributed by atoms with Gasteiger partial charge in [0.05, 0.1) is 35.2 Å². The average Bonchev–Trinajstić information content (AvgIpc) is 3.32. The highest BCUT2D eigenvalue weighted by Gasteiger charge is 2.34. The lowest BCUT2D eigenvalue weighted by atomic mass is 9.90.